The van der Waals surface area contributed by atoms with E-state index >= 15 is 0 Å². The molecule has 0 saturated heterocycles. The van der Waals surface area contributed by atoms with Gasteiger partial charge in [0.15, 0.2) is 4.77 Å². The van der Waals surface area contributed by atoms with Crippen molar-refractivity contribution in [3.8, 4) is 5.88 Å². The summed E-state index contributed by atoms with van der Waals surface area (Å²) in [5, 5.41) is 9.81. The summed E-state index contributed by atoms with van der Waals surface area (Å²) in [6.45, 7) is 4.52. The maximum Gasteiger partial charge on any atom is 0.256 e. The topological polar surface area (TPSA) is 84.8 Å². The smallest absolute Gasteiger partial charge is 0.256 e. The first-order chi connectivity index (χ1) is 10.5. The number of carbonyl (C=O) groups excluding carboxylic acids is 1. The molecule has 0 aliphatic carbocycles. The van der Waals surface area contributed by atoms with E-state index in [0.717, 1.165) is 5.82 Å². The number of nitrogens with zero attached hydrogens (tertiary/aromatic N) is 3. The van der Waals surface area contributed by atoms with Gasteiger partial charge in [-0.15, -0.1) is 0 Å². The molecule has 0 bridgehead atoms. The Morgan fingerprint density at radius 3 is 3.00 bits per heavy atom. The maximum atomic E-state index is 12.2. The molecule has 2 rings (SSSR count). The lowest BCUT2D eigenvalue weighted by Gasteiger charge is -2.11. The first kappa shape index (κ1) is 16.2. The number of hydrogen-bond acceptors (Lipinski definition) is 5. The van der Waals surface area contributed by atoms with Crippen molar-refractivity contribution in [1.29, 1.82) is 0 Å². The van der Waals surface area contributed by atoms with E-state index in [1.54, 1.807) is 18.3 Å². The van der Waals surface area contributed by atoms with Crippen molar-refractivity contribution in [1.82, 2.24) is 25.1 Å². The molecule has 0 atom stereocenters. The van der Waals surface area contributed by atoms with Crippen molar-refractivity contribution >= 4 is 18.1 Å². The molecule has 2 heterocycles. The Hall–Kier alpha value is -2.22. The molecule has 2 aromatic heterocycles. The Morgan fingerprint density at radius 2 is 2.32 bits per heavy atom. The monoisotopic (exact) mass is 321 g/mol. The predicted octanol–water partition coefficient (Wildman–Crippen LogP) is 1.90. The molecule has 22 heavy (non-hydrogen) atoms. The van der Waals surface area contributed by atoms with Crippen molar-refractivity contribution in [2.75, 3.05) is 13.7 Å². The molecule has 2 aromatic rings. The average Bonchev–Trinajstić information content (AvgIpc) is 2.88. The van der Waals surface area contributed by atoms with Crippen LogP contribution in [-0.4, -0.2) is 39.3 Å². The van der Waals surface area contributed by atoms with Gasteiger partial charge in [-0.25, -0.2) is 4.98 Å². The first-order valence-corrected chi connectivity index (χ1v) is 7.38. The normalized spacial score (nSPS) is 10.7. The molecule has 7 nitrogen and oxygen atoms in total. The van der Waals surface area contributed by atoms with E-state index < -0.39 is 0 Å². The van der Waals surface area contributed by atoms with E-state index in [2.05, 4.69) is 20.5 Å². The number of amides is 1. The lowest BCUT2D eigenvalue weighted by molar-refractivity contribution is 0.0950. The van der Waals surface area contributed by atoms with Crippen LogP contribution in [0.2, 0.25) is 0 Å². The highest BCUT2D eigenvalue weighted by atomic mass is 32.1. The van der Waals surface area contributed by atoms with Gasteiger partial charge in [0.2, 0.25) is 5.88 Å². The van der Waals surface area contributed by atoms with E-state index in [1.165, 1.54) is 7.11 Å². The van der Waals surface area contributed by atoms with Crippen LogP contribution < -0.4 is 10.1 Å². The Morgan fingerprint density at radius 1 is 1.55 bits per heavy atom. The zero-order chi connectivity index (χ0) is 16.1. The lowest BCUT2D eigenvalue weighted by atomic mass is 10.2. The quantitative estimate of drug-likeness (QED) is 0.794. The standard InChI is InChI=1S/C14H19N5O2S/c1-9(2)19-11(17-18-14(19)22)6-8-15-12(20)10-5-4-7-16-13(10)21-3/h4-5,7,9H,6,8H2,1-3H3,(H,15,20)(H,18,22). The fourth-order valence-electron chi connectivity index (χ4n) is 2.16. The summed E-state index contributed by atoms with van der Waals surface area (Å²) in [6.07, 6.45) is 2.16. The molecular formula is C14H19N5O2S. The van der Waals surface area contributed by atoms with Crippen LogP contribution in [0.4, 0.5) is 0 Å². The highest BCUT2D eigenvalue weighted by Gasteiger charge is 2.13. The van der Waals surface area contributed by atoms with E-state index in [9.17, 15) is 4.79 Å². The Bertz CT molecular complexity index is 707. The number of rotatable bonds is 6. The van der Waals surface area contributed by atoms with Crippen molar-refractivity contribution < 1.29 is 9.53 Å². The number of carbonyl (C=O) groups is 1. The molecule has 0 spiro atoms. The van der Waals surface area contributed by atoms with Gasteiger partial charge in [-0.3, -0.25) is 9.89 Å². The molecule has 8 heteroatoms. The summed E-state index contributed by atoms with van der Waals surface area (Å²) < 4.78 is 7.60. The zero-order valence-corrected chi connectivity index (χ0v) is 13.6. The molecule has 2 N–H and O–H groups in total. The number of ether oxygens (including phenoxy) is 1. The highest BCUT2D eigenvalue weighted by Crippen LogP contribution is 2.13. The fourth-order valence-corrected chi connectivity index (χ4v) is 2.52. The van der Waals surface area contributed by atoms with E-state index in [1.807, 2.05) is 18.4 Å². The number of nitrogens with one attached hydrogen (secondary N) is 2. The van der Waals surface area contributed by atoms with E-state index in [-0.39, 0.29) is 11.9 Å². The lowest BCUT2D eigenvalue weighted by Crippen LogP contribution is -2.27. The second kappa shape index (κ2) is 7.17. The number of pyridine rings is 1. The molecule has 0 aliphatic heterocycles. The summed E-state index contributed by atoms with van der Waals surface area (Å²) in [4.78, 5) is 16.2. The molecule has 0 unspecified atom stereocenters. The molecule has 0 aliphatic rings. The zero-order valence-electron chi connectivity index (χ0n) is 12.8. The van der Waals surface area contributed by atoms with Crippen molar-refractivity contribution in [3.63, 3.8) is 0 Å². The van der Waals surface area contributed by atoms with Crippen LogP contribution in [0.5, 0.6) is 5.88 Å². The van der Waals surface area contributed by atoms with Gasteiger partial charge in [-0.05, 0) is 38.2 Å². The minimum absolute atomic E-state index is 0.218. The summed E-state index contributed by atoms with van der Waals surface area (Å²) in [5.74, 6) is 0.901. The van der Waals surface area contributed by atoms with Gasteiger partial charge in [0.1, 0.15) is 11.4 Å². The third kappa shape index (κ3) is 3.51. The second-order valence-electron chi connectivity index (χ2n) is 4.97. The van der Waals surface area contributed by atoms with Gasteiger partial charge in [0.05, 0.1) is 7.11 Å². The van der Waals surface area contributed by atoms with Gasteiger partial charge in [0, 0.05) is 25.2 Å². The minimum Gasteiger partial charge on any atom is -0.480 e. The number of aromatic nitrogens is 4. The Labute approximate surface area is 133 Å². The molecule has 0 saturated carbocycles. The number of methoxy groups -OCH3 is 1. The number of aromatic amines is 1. The van der Waals surface area contributed by atoms with Gasteiger partial charge in [-0.1, -0.05) is 0 Å². The minimum atomic E-state index is -0.227. The Balaban J connectivity index is 2.00. The highest BCUT2D eigenvalue weighted by molar-refractivity contribution is 7.71. The Kier molecular flexibility index (Phi) is 5.26. The largest absolute Gasteiger partial charge is 0.480 e. The van der Waals surface area contributed by atoms with E-state index in [0.29, 0.717) is 29.2 Å². The third-order valence-electron chi connectivity index (χ3n) is 3.14. The van der Waals surface area contributed by atoms with Gasteiger partial charge >= 0.3 is 0 Å². The number of hydrogen-bond donors (Lipinski definition) is 2. The summed E-state index contributed by atoms with van der Waals surface area (Å²) in [6, 6.07) is 3.59. The average molecular weight is 321 g/mol. The number of H-pyrrole nitrogens is 1. The van der Waals surface area contributed by atoms with Crippen molar-refractivity contribution in [2.24, 2.45) is 0 Å². The SMILES string of the molecule is COc1ncccc1C(=O)NCCc1n[nH]c(=S)n1C(C)C. The van der Waals surface area contributed by atoms with Gasteiger partial charge in [0.25, 0.3) is 5.91 Å². The molecular weight excluding hydrogens is 302 g/mol. The fraction of sp³-hybridized carbons (Fsp3) is 0.429. The van der Waals surface area contributed by atoms with Crippen molar-refractivity contribution in [2.45, 2.75) is 26.3 Å². The first-order valence-electron chi connectivity index (χ1n) is 6.97. The van der Waals surface area contributed by atoms with Crippen LogP contribution in [0, 0.1) is 4.77 Å². The van der Waals surface area contributed by atoms with E-state index in [4.69, 9.17) is 17.0 Å². The third-order valence-corrected chi connectivity index (χ3v) is 3.43. The summed E-state index contributed by atoms with van der Waals surface area (Å²) in [5.41, 5.74) is 0.410. The molecule has 0 radical (unpaired) electrons. The van der Waals surface area contributed by atoms with Crippen LogP contribution >= 0.6 is 12.2 Å². The van der Waals surface area contributed by atoms with Crippen LogP contribution in [0.15, 0.2) is 18.3 Å². The molecule has 0 aromatic carbocycles. The van der Waals surface area contributed by atoms with Gasteiger partial charge < -0.3 is 14.6 Å². The second-order valence-corrected chi connectivity index (χ2v) is 5.36. The predicted molar refractivity (Wildman–Crippen MR) is 84.6 cm³/mol. The maximum absolute atomic E-state index is 12.2. The molecule has 1 amide bonds. The van der Waals surface area contributed by atoms with Crippen LogP contribution in [-0.2, 0) is 6.42 Å². The van der Waals surface area contributed by atoms with Crippen LogP contribution in [0.25, 0.3) is 0 Å². The summed E-state index contributed by atoms with van der Waals surface area (Å²) >= 11 is 5.19. The molecule has 0 fully saturated rings. The summed E-state index contributed by atoms with van der Waals surface area (Å²) in [7, 11) is 1.49. The molecule has 118 valence electrons. The van der Waals surface area contributed by atoms with Crippen LogP contribution in [0.1, 0.15) is 36.1 Å². The van der Waals surface area contributed by atoms with Gasteiger partial charge in [-0.2, -0.15) is 5.10 Å². The van der Waals surface area contributed by atoms with Crippen LogP contribution in [0.3, 0.4) is 0 Å². The van der Waals surface area contributed by atoms with Crippen molar-refractivity contribution in [3.05, 3.63) is 34.5 Å².